The van der Waals surface area contributed by atoms with Crippen molar-refractivity contribution < 1.29 is 9.53 Å². The molecule has 1 N–H and O–H groups in total. The van der Waals surface area contributed by atoms with Gasteiger partial charge in [-0.25, -0.2) is 4.98 Å². The van der Waals surface area contributed by atoms with Gasteiger partial charge in [-0.1, -0.05) is 12.8 Å². The summed E-state index contributed by atoms with van der Waals surface area (Å²) in [4.78, 5) is 16.5. The van der Waals surface area contributed by atoms with Crippen LogP contribution in [-0.2, 0) is 4.79 Å². The molecule has 6 heteroatoms. The molecule has 2 aromatic rings. The maximum Gasteiger partial charge on any atom is 0.236 e. The number of amides is 1. The maximum absolute atomic E-state index is 12.0. The lowest BCUT2D eigenvalue weighted by molar-refractivity contribution is -0.113. The molecule has 0 bridgehead atoms. The second kappa shape index (κ2) is 7.84. The third kappa shape index (κ3) is 4.48. The molecule has 122 valence electrons. The number of rotatable bonds is 6. The molecule has 0 radical (unpaired) electrons. The Morgan fingerprint density at radius 3 is 2.78 bits per heavy atom. The van der Waals surface area contributed by atoms with Crippen molar-refractivity contribution in [2.75, 3.05) is 18.2 Å². The standard InChI is InChI=1S/C17H20N2O2S2/c1-21-13-8-6-12(7-9-13)15-10-23-17(18-15)19-16(20)11-22-14-4-2-3-5-14/h6-10,14H,2-5,11H2,1H3,(H,18,19,20). The zero-order valence-electron chi connectivity index (χ0n) is 13.1. The summed E-state index contributed by atoms with van der Waals surface area (Å²) in [5.41, 5.74) is 1.89. The lowest BCUT2D eigenvalue weighted by atomic mass is 10.2. The highest BCUT2D eigenvalue weighted by molar-refractivity contribution is 8.00. The minimum absolute atomic E-state index is 0.0394. The SMILES string of the molecule is COc1ccc(-c2csc(NC(=O)CSC3CCCC3)n2)cc1. The first kappa shape index (κ1) is 16.3. The third-order valence-corrected chi connectivity index (χ3v) is 6.02. The Labute approximate surface area is 144 Å². The van der Waals surface area contributed by atoms with Gasteiger partial charge < -0.3 is 10.1 Å². The van der Waals surface area contributed by atoms with Crippen LogP contribution in [0.1, 0.15) is 25.7 Å². The maximum atomic E-state index is 12.0. The Hall–Kier alpha value is -1.53. The van der Waals surface area contributed by atoms with Gasteiger partial charge in [-0.2, -0.15) is 0 Å². The lowest BCUT2D eigenvalue weighted by Crippen LogP contribution is -2.15. The number of anilines is 1. The number of methoxy groups -OCH3 is 1. The van der Waals surface area contributed by atoms with E-state index in [9.17, 15) is 4.79 Å². The fraction of sp³-hybridized carbons (Fsp3) is 0.412. The number of hydrogen-bond acceptors (Lipinski definition) is 5. The van der Waals surface area contributed by atoms with Gasteiger partial charge in [-0.15, -0.1) is 23.1 Å². The Morgan fingerprint density at radius 1 is 1.35 bits per heavy atom. The number of nitrogens with zero attached hydrogens (tertiary/aromatic N) is 1. The Balaban J connectivity index is 1.54. The van der Waals surface area contributed by atoms with Crippen molar-refractivity contribution in [2.24, 2.45) is 0 Å². The van der Waals surface area contributed by atoms with E-state index in [1.165, 1.54) is 37.0 Å². The average molecular weight is 348 g/mol. The first-order valence-corrected chi connectivity index (χ1v) is 9.69. The van der Waals surface area contributed by atoms with Crippen LogP contribution in [0.5, 0.6) is 5.75 Å². The third-order valence-electron chi connectivity index (χ3n) is 3.89. The summed E-state index contributed by atoms with van der Waals surface area (Å²) in [6.45, 7) is 0. The fourth-order valence-electron chi connectivity index (χ4n) is 2.63. The van der Waals surface area contributed by atoms with Crippen LogP contribution >= 0.6 is 23.1 Å². The molecule has 1 amide bonds. The van der Waals surface area contributed by atoms with Crippen molar-refractivity contribution in [2.45, 2.75) is 30.9 Å². The minimum atomic E-state index is 0.0394. The number of thioether (sulfide) groups is 1. The van der Waals surface area contributed by atoms with Crippen LogP contribution in [0, 0.1) is 0 Å². The summed E-state index contributed by atoms with van der Waals surface area (Å²) in [6.07, 6.45) is 5.10. The molecule has 1 aromatic heterocycles. The normalized spacial score (nSPS) is 14.8. The largest absolute Gasteiger partial charge is 0.497 e. The molecule has 1 fully saturated rings. The first-order valence-electron chi connectivity index (χ1n) is 7.76. The summed E-state index contributed by atoms with van der Waals surface area (Å²) in [7, 11) is 1.65. The summed E-state index contributed by atoms with van der Waals surface area (Å²) >= 11 is 3.23. The van der Waals surface area contributed by atoms with Crippen LogP contribution in [0.3, 0.4) is 0 Å². The van der Waals surface area contributed by atoms with Gasteiger partial charge in [-0.3, -0.25) is 4.79 Å². The van der Waals surface area contributed by atoms with Crippen molar-refractivity contribution in [1.29, 1.82) is 0 Å². The number of thiazole rings is 1. The second-order valence-electron chi connectivity index (χ2n) is 5.53. The van der Waals surface area contributed by atoms with Gasteiger partial charge in [0.25, 0.3) is 0 Å². The van der Waals surface area contributed by atoms with Crippen LogP contribution in [0.25, 0.3) is 11.3 Å². The zero-order valence-corrected chi connectivity index (χ0v) is 14.7. The number of ether oxygens (including phenoxy) is 1. The van der Waals surface area contributed by atoms with Crippen molar-refractivity contribution in [1.82, 2.24) is 4.98 Å². The monoisotopic (exact) mass is 348 g/mol. The Kier molecular flexibility index (Phi) is 5.56. The van der Waals surface area contributed by atoms with Crippen LogP contribution in [0.4, 0.5) is 5.13 Å². The van der Waals surface area contributed by atoms with Gasteiger partial charge in [0.1, 0.15) is 5.75 Å². The van der Waals surface area contributed by atoms with Crippen LogP contribution in [0.2, 0.25) is 0 Å². The lowest BCUT2D eigenvalue weighted by Gasteiger charge is -2.07. The zero-order chi connectivity index (χ0) is 16.1. The van der Waals surface area contributed by atoms with Crippen molar-refractivity contribution in [3.63, 3.8) is 0 Å². The highest BCUT2D eigenvalue weighted by Gasteiger charge is 2.17. The topological polar surface area (TPSA) is 51.2 Å². The van der Waals surface area contributed by atoms with E-state index in [4.69, 9.17) is 4.74 Å². The molecule has 1 saturated carbocycles. The predicted octanol–water partition coefficient (Wildman–Crippen LogP) is 4.43. The van der Waals surface area contributed by atoms with E-state index < -0.39 is 0 Å². The first-order chi connectivity index (χ1) is 11.2. The molecule has 0 aliphatic heterocycles. The van der Waals surface area contributed by atoms with E-state index in [2.05, 4.69) is 10.3 Å². The molecule has 1 aromatic carbocycles. The number of hydrogen-bond donors (Lipinski definition) is 1. The number of carbonyl (C=O) groups is 1. The number of aromatic nitrogens is 1. The molecule has 3 rings (SSSR count). The van der Waals surface area contributed by atoms with Gasteiger partial charge in [0.05, 0.1) is 18.6 Å². The predicted molar refractivity (Wildman–Crippen MR) is 97.4 cm³/mol. The van der Waals surface area contributed by atoms with Gasteiger partial charge in [-0.05, 0) is 37.1 Å². The molecule has 1 aliphatic carbocycles. The smallest absolute Gasteiger partial charge is 0.236 e. The summed E-state index contributed by atoms with van der Waals surface area (Å²) in [5.74, 6) is 1.38. The molecule has 4 nitrogen and oxygen atoms in total. The van der Waals surface area contributed by atoms with E-state index in [1.807, 2.05) is 29.6 Å². The van der Waals surface area contributed by atoms with Gasteiger partial charge >= 0.3 is 0 Å². The quantitative estimate of drug-likeness (QED) is 0.839. The van der Waals surface area contributed by atoms with E-state index in [0.29, 0.717) is 16.1 Å². The summed E-state index contributed by atoms with van der Waals surface area (Å²) in [5, 5.41) is 6.18. The van der Waals surface area contributed by atoms with Gasteiger partial charge in [0.2, 0.25) is 5.91 Å². The molecule has 0 unspecified atom stereocenters. The van der Waals surface area contributed by atoms with Crippen molar-refractivity contribution in [3.8, 4) is 17.0 Å². The second-order valence-corrected chi connectivity index (χ2v) is 7.68. The summed E-state index contributed by atoms with van der Waals surface area (Å²) < 4.78 is 5.15. The van der Waals surface area contributed by atoms with Gasteiger partial charge in [0.15, 0.2) is 5.13 Å². The highest BCUT2D eigenvalue weighted by atomic mass is 32.2. The van der Waals surface area contributed by atoms with E-state index in [0.717, 1.165) is 17.0 Å². The molecule has 23 heavy (non-hydrogen) atoms. The molecule has 1 aliphatic rings. The van der Waals surface area contributed by atoms with Crippen LogP contribution in [0.15, 0.2) is 29.6 Å². The van der Waals surface area contributed by atoms with Crippen molar-refractivity contribution in [3.05, 3.63) is 29.6 Å². The van der Waals surface area contributed by atoms with E-state index in [-0.39, 0.29) is 5.91 Å². The molecule has 0 spiro atoms. The Morgan fingerprint density at radius 2 is 2.09 bits per heavy atom. The van der Waals surface area contributed by atoms with E-state index >= 15 is 0 Å². The minimum Gasteiger partial charge on any atom is -0.497 e. The fourth-order valence-corrected chi connectivity index (χ4v) is 4.49. The summed E-state index contributed by atoms with van der Waals surface area (Å²) in [6, 6.07) is 7.75. The number of nitrogens with one attached hydrogen (secondary N) is 1. The number of benzene rings is 1. The molecule has 0 saturated heterocycles. The molecular formula is C17H20N2O2S2. The number of carbonyl (C=O) groups excluding carboxylic acids is 1. The molecular weight excluding hydrogens is 328 g/mol. The van der Waals surface area contributed by atoms with Crippen molar-refractivity contribution >= 4 is 34.1 Å². The van der Waals surface area contributed by atoms with Crippen LogP contribution < -0.4 is 10.1 Å². The molecule has 1 heterocycles. The molecule has 0 atom stereocenters. The highest BCUT2D eigenvalue weighted by Crippen LogP contribution is 2.30. The van der Waals surface area contributed by atoms with Crippen LogP contribution in [-0.4, -0.2) is 29.0 Å². The van der Waals surface area contributed by atoms with E-state index in [1.54, 1.807) is 18.9 Å². The average Bonchev–Trinajstić information content (AvgIpc) is 3.25. The Bertz CT molecular complexity index is 649. The van der Waals surface area contributed by atoms with Gasteiger partial charge in [0, 0.05) is 16.2 Å².